The van der Waals surface area contributed by atoms with Gasteiger partial charge in [-0.2, -0.15) is 0 Å². The third-order valence-corrected chi connectivity index (χ3v) is 2.69. The third kappa shape index (κ3) is 3.50. The summed E-state index contributed by atoms with van der Waals surface area (Å²) in [5.41, 5.74) is 1.34. The Hall–Kier alpha value is -1.49. The molecule has 1 heterocycles. The van der Waals surface area contributed by atoms with Gasteiger partial charge in [0.1, 0.15) is 11.6 Å². The third-order valence-electron chi connectivity index (χ3n) is 2.42. The molecule has 1 aromatic carbocycles. The van der Waals surface area contributed by atoms with Gasteiger partial charge >= 0.3 is 0 Å². The lowest BCUT2D eigenvalue weighted by Crippen LogP contribution is -2.01. The quantitative estimate of drug-likeness (QED) is 0.783. The fraction of sp³-hybridized carbons (Fsp3) is 0.333. The molecule has 0 spiro atoms. The fourth-order valence-corrected chi connectivity index (χ4v) is 1.80. The van der Waals surface area contributed by atoms with Gasteiger partial charge in [0.05, 0.1) is 12.2 Å². The van der Waals surface area contributed by atoms with E-state index in [1.165, 1.54) is 12.1 Å². The predicted octanol–water partition coefficient (Wildman–Crippen LogP) is 2.78. The Balaban J connectivity index is 2.06. The maximum Gasteiger partial charge on any atom is 0.126 e. The molecule has 0 bridgehead atoms. The normalized spacial score (nSPS) is 10.8. The summed E-state index contributed by atoms with van der Waals surface area (Å²) in [6.07, 6.45) is 3.34. The summed E-state index contributed by atoms with van der Waals surface area (Å²) in [6.45, 7) is 0.294. The summed E-state index contributed by atoms with van der Waals surface area (Å²) in [5, 5.41) is 7.86. The molecular formula is C12H12ClF2N3. The van der Waals surface area contributed by atoms with E-state index in [0.29, 0.717) is 18.0 Å². The second-order valence-corrected chi connectivity index (χ2v) is 4.36. The van der Waals surface area contributed by atoms with Gasteiger partial charge in [0.2, 0.25) is 0 Å². The van der Waals surface area contributed by atoms with Crippen molar-refractivity contribution in [3.63, 3.8) is 0 Å². The number of benzene rings is 1. The molecule has 0 saturated heterocycles. The molecule has 0 N–H and O–H groups in total. The molecule has 0 aliphatic rings. The number of alkyl halides is 1. The Bertz CT molecular complexity index is 508. The largest absolute Gasteiger partial charge is 0.248 e. The molecule has 0 fully saturated rings. The number of hydrogen-bond acceptors (Lipinski definition) is 2. The number of aromatic nitrogens is 3. The molecule has 0 unspecified atom stereocenters. The van der Waals surface area contributed by atoms with Gasteiger partial charge in [-0.25, -0.2) is 13.5 Å². The average molecular weight is 272 g/mol. The van der Waals surface area contributed by atoms with Crippen LogP contribution in [0, 0.1) is 11.6 Å². The van der Waals surface area contributed by atoms with Gasteiger partial charge in [-0.1, -0.05) is 5.21 Å². The van der Waals surface area contributed by atoms with E-state index >= 15 is 0 Å². The SMILES string of the molecule is Fc1cc(F)cc(Cn2cc(CCCCl)nn2)c1. The van der Waals surface area contributed by atoms with Crippen LogP contribution >= 0.6 is 11.6 Å². The molecule has 6 heteroatoms. The Kier molecular flexibility index (Phi) is 4.25. The standard InChI is InChI=1S/C12H12ClF2N3/c13-3-1-2-12-8-18(17-16-12)7-9-4-10(14)6-11(15)5-9/h4-6,8H,1-3,7H2. The highest BCUT2D eigenvalue weighted by molar-refractivity contribution is 6.17. The van der Waals surface area contributed by atoms with Crippen molar-refractivity contribution >= 4 is 11.6 Å². The Labute approximate surface area is 108 Å². The summed E-state index contributed by atoms with van der Waals surface area (Å²) in [5.74, 6) is -0.609. The van der Waals surface area contributed by atoms with Crippen molar-refractivity contribution in [2.45, 2.75) is 19.4 Å². The zero-order valence-electron chi connectivity index (χ0n) is 9.61. The first-order chi connectivity index (χ1) is 8.67. The van der Waals surface area contributed by atoms with Gasteiger partial charge in [0.15, 0.2) is 0 Å². The number of aryl methyl sites for hydroxylation is 1. The van der Waals surface area contributed by atoms with Crippen molar-refractivity contribution < 1.29 is 8.78 Å². The summed E-state index contributed by atoms with van der Waals surface area (Å²) in [4.78, 5) is 0. The van der Waals surface area contributed by atoms with Gasteiger partial charge in [-0.05, 0) is 30.5 Å². The highest BCUT2D eigenvalue weighted by Crippen LogP contribution is 2.09. The van der Waals surface area contributed by atoms with Gasteiger partial charge in [0, 0.05) is 18.1 Å². The van der Waals surface area contributed by atoms with Crippen molar-refractivity contribution in [1.29, 1.82) is 0 Å². The highest BCUT2D eigenvalue weighted by atomic mass is 35.5. The van der Waals surface area contributed by atoms with Crippen LogP contribution in [0.4, 0.5) is 8.78 Å². The van der Waals surface area contributed by atoms with Gasteiger partial charge in [-0.3, -0.25) is 0 Å². The second kappa shape index (κ2) is 5.91. The molecule has 3 nitrogen and oxygen atoms in total. The second-order valence-electron chi connectivity index (χ2n) is 3.98. The fourth-order valence-electron chi connectivity index (χ4n) is 1.67. The molecule has 0 aliphatic heterocycles. The molecule has 0 aliphatic carbocycles. The van der Waals surface area contributed by atoms with Crippen LogP contribution in [0.15, 0.2) is 24.4 Å². The van der Waals surface area contributed by atoms with Crippen molar-refractivity contribution in [3.8, 4) is 0 Å². The number of halogens is 3. The van der Waals surface area contributed by atoms with E-state index in [9.17, 15) is 8.78 Å². The van der Waals surface area contributed by atoms with Crippen LogP contribution < -0.4 is 0 Å². The van der Waals surface area contributed by atoms with Gasteiger partial charge < -0.3 is 0 Å². The van der Waals surface area contributed by atoms with Crippen LogP contribution in [-0.2, 0) is 13.0 Å². The van der Waals surface area contributed by atoms with Crippen molar-refractivity contribution in [1.82, 2.24) is 15.0 Å². The Morgan fingerprint density at radius 2 is 1.89 bits per heavy atom. The summed E-state index contributed by atoms with van der Waals surface area (Å²) in [6, 6.07) is 3.41. The Morgan fingerprint density at radius 1 is 1.17 bits per heavy atom. The molecule has 2 rings (SSSR count). The van der Waals surface area contributed by atoms with Crippen molar-refractivity contribution in [2.24, 2.45) is 0 Å². The van der Waals surface area contributed by atoms with Crippen molar-refractivity contribution in [3.05, 3.63) is 47.3 Å². The maximum absolute atomic E-state index is 13.0. The number of nitrogens with zero attached hydrogens (tertiary/aromatic N) is 3. The number of rotatable bonds is 5. The molecule has 0 atom stereocenters. The first-order valence-electron chi connectivity index (χ1n) is 5.57. The lowest BCUT2D eigenvalue weighted by molar-refractivity contribution is 0.572. The summed E-state index contributed by atoms with van der Waals surface area (Å²) < 4.78 is 27.6. The van der Waals surface area contributed by atoms with Crippen LogP contribution in [-0.4, -0.2) is 20.9 Å². The monoisotopic (exact) mass is 271 g/mol. The van der Waals surface area contributed by atoms with E-state index in [2.05, 4.69) is 10.3 Å². The maximum atomic E-state index is 13.0. The van der Waals surface area contributed by atoms with E-state index in [4.69, 9.17) is 11.6 Å². The highest BCUT2D eigenvalue weighted by Gasteiger charge is 2.04. The smallest absolute Gasteiger partial charge is 0.126 e. The van der Waals surface area contributed by atoms with Crippen molar-refractivity contribution in [2.75, 3.05) is 5.88 Å². The molecule has 1 aromatic heterocycles. The zero-order chi connectivity index (χ0) is 13.0. The zero-order valence-corrected chi connectivity index (χ0v) is 10.4. The van der Waals surface area contributed by atoms with E-state index in [1.807, 2.05) is 0 Å². The minimum absolute atomic E-state index is 0.294. The minimum Gasteiger partial charge on any atom is -0.248 e. The number of hydrogen-bond donors (Lipinski definition) is 0. The van der Waals surface area contributed by atoms with Crippen LogP contribution in [0.25, 0.3) is 0 Å². The van der Waals surface area contributed by atoms with Crippen LogP contribution in [0.2, 0.25) is 0 Å². The molecule has 0 radical (unpaired) electrons. The van der Waals surface area contributed by atoms with E-state index in [-0.39, 0.29) is 0 Å². The molecule has 0 amide bonds. The lowest BCUT2D eigenvalue weighted by Gasteiger charge is -2.01. The Morgan fingerprint density at radius 3 is 2.56 bits per heavy atom. The van der Waals surface area contributed by atoms with E-state index < -0.39 is 11.6 Å². The molecule has 18 heavy (non-hydrogen) atoms. The van der Waals surface area contributed by atoms with Gasteiger partial charge in [0.25, 0.3) is 0 Å². The minimum atomic E-state index is -0.590. The topological polar surface area (TPSA) is 30.7 Å². The first-order valence-corrected chi connectivity index (χ1v) is 6.11. The lowest BCUT2D eigenvalue weighted by atomic mass is 10.2. The van der Waals surface area contributed by atoms with Gasteiger partial charge in [-0.15, -0.1) is 16.7 Å². The van der Waals surface area contributed by atoms with Crippen LogP contribution in [0.5, 0.6) is 0 Å². The molecular weight excluding hydrogens is 260 g/mol. The summed E-state index contributed by atoms with van der Waals surface area (Å²) in [7, 11) is 0. The summed E-state index contributed by atoms with van der Waals surface area (Å²) >= 11 is 5.58. The predicted molar refractivity (Wildman–Crippen MR) is 64.5 cm³/mol. The molecule has 96 valence electrons. The van der Waals surface area contributed by atoms with Crippen LogP contribution in [0.1, 0.15) is 17.7 Å². The first kappa shape index (κ1) is 13.0. The van der Waals surface area contributed by atoms with Crippen LogP contribution in [0.3, 0.4) is 0 Å². The van der Waals surface area contributed by atoms with E-state index in [1.54, 1.807) is 10.9 Å². The van der Waals surface area contributed by atoms with E-state index in [0.717, 1.165) is 24.6 Å². The molecule has 0 saturated carbocycles. The average Bonchev–Trinajstić information content (AvgIpc) is 2.72. The molecule has 2 aromatic rings.